The lowest BCUT2D eigenvalue weighted by molar-refractivity contribution is -0.132. The van der Waals surface area contributed by atoms with E-state index in [-0.39, 0.29) is 5.92 Å². The third kappa shape index (κ3) is 2.82. The van der Waals surface area contributed by atoms with E-state index in [1.165, 1.54) is 0 Å². The predicted molar refractivity (Wildman–Crippen MR) is 113 cm³/mol. The van der Waals surface area contributed by atoms with Crippen LogP contribution in [0.15, 0.2) is 41.0 Å². The maximum atomic E-state index is 12.4. The molecule has 30 heavy (non-hydrogen) atoms. The van der Waals surface area contributed by atoms with Crippen LogP contribution in [0.5, 0.6) is 0 Å². The van der Waals surface area contributed by atoms with E-state index in [0.717, 1.165) is 29.7 Å². The minimum absolute atomic E-state index is 0.243. The molecule has 0 atom stereocenters. The molecule has 4 aromatic rings. The first kappa shape index (κ1) is 17.7. The maximum Gasteiger partial charge on any atom is 0.225 e. The first-order valence-corrected chi connectivity index (χ1v) is 10.5. The third-order valence-corrected chi connectivity index (χ3v) is 6.06. The Morgan fingerprint density at radius 1 is 1.10 bits per heavy atom. The lowest BCUT2D eigenvalue weighted by Gasteiger charge is -2.35. The monoisotopic (exact) mass is 422 g/mol. The molecule has 1 amide bonds. The molecule has 0 bridgehead atoms. The van der Waals surface area contributed by atoms with Crippen molar-refractivity contribution >= 4 is 40.0 Å². The summed E-state index contributed by atoms with van der Waals surface area (Å²) in [4.78, 5) is 21.5. The van der Waals surface area contributed by atoms with Crippen LogP contribution in [0.2, 0.25) is 5.02 Å². The lowest BCUT2D eigenvalue weighted by Crippen LogP contribution is -2.50. The first-order chi connectivity index (χ1) is 14.7. The van der Waals surface area contributed by atoms with Crippen molar-refractivity contribution < 1.29 is 9.21 Å². The van der Waals surface area contributed by atoms with Gasteiger partial charge < -0.3 is 14.2 Å². The molecular formula is C21H19ClN6O2. The van der Waals surface area contributed by atoms with Crippen LogP contribution in [0.3, 0.4) is 0 Å². The average Bonchev–Trinajstić information content (AvgIpc) is 3.29. The smallest absolute Gasteiger partial charge is 0.225 e. The summed E-state index contributed by atoms with van der Waals surface area (Å²) in [5.74, 6) is 2.49. The van der Waals surface area contributed by atoms with Gasteiger partial charge in [0.05, 0.1) is 11.8 Å². The molecule has 3 aromatic heterocycles. The number of piperazine rings is 1. The number of hydrogen-bond acceptors (Lipinski definition) is 6. The summed E-state index contributed by atoms with van der Waals surface area (Å²) in [5.41, 5.74) is 1.47. The van der Waals surface area contributed by atoms with Crippen LogP contribution >= 0.6 is 11.6 Å². The van der Waals surface area contributed by atoms with Gasteiger partial charge in [0.1, 0.15) is 0 Å². The molecular weight excluding hydrogens is 404 g/mol. The Labute approximate surface area is 177 Å². The Bertz CT molecular complexity index is 1260. The summed E-state index contributed by atoms with van der Waals surface area (Å²) in [5, 5.41) is 10.3. The van der Waals surface area contributed by atoms with Gasteiger partial charge in [-0.15, -0.1) is 10.2 Å². The van der Waals surface area contributed by atoms with Gasteiger partial charge in [0.25, 0.3) is 0 Å². The molecule has 6 rings (SSSR count). The lowest BCUT2D eigenvalue weighted by atomic mass is 10.2. The second-order valence-electron chi connectivity index (χ2n) is 7.82. The molecule has 4 heterocycles. The molecule has 152 valence electrons. The molecule has 1 saturated carbocycles. The van der Waals surface area contributed by atoms with Crippen LogP contribution in [-0.4, -0.2) is 56.6 Å². The largest absolute Gasteiger partial charge is 0.461 e. The topological polar surface area (TPSA) is 79.8 Å². The van der Waals surface area contributed by atoms with Gasteiger partial charge in [0, 0.05) is 42.5 Å². The van der Waals surface area contributed by atoms with Crippen molar-refractivity contribution in [2.45, 2.75) is 12.8 Å². The molecule has 0 unspecified atom stereocenters. The van der Waals surface area contributed by atoms with E-state index in [4.69, 9.17) is 21.0 Å². The molecule has 1 aromatic carbocycles. The zero-order chi connectivity index (χ0) is 20.2. The molecule has 1 aliphatic carbocycles. The van der Waals surface area contributed by atoms with Gasteiger partial charge in [-0.05, 0) is 43.2 Å². The Morgan fingerprint density at radius 2 is 1.93 bits per heavy atom. The van der Waals surface area contributed by atoms with Crippen LogP contribution in [0.4, 0.5) is 5.95 Å². The second kappa shape index (κ2) is 6.70. The van der Waals surface area contributed by atoms with Gasteiger partial charge in [-0.2, -0.15) is 0 Å². The van der Waals surface area contributed by atoms with E-state index in [1.54, 1.807) is 6.26 Å². The fourth-order valence-corrected chi connectivity index (χ4v) is 4.25. The van der Waals surface area contributed by atoms with Crippen molar-refractivity contribution in [2.24, 2.45) is 5.92 Å². The summed E-state index contributed by atoms with van der Waals surface area (Å²) in [7, 11) is 0. The van der Waals surface area contributed by atoms with E-state index in [9.17, 15) is 4.79 Å². The molecule has 8 nitrogen and oxygen atoms in total. The first-order valence-electron chi connectivity index (χ1n) is 10.1. The van der Waals surface area contributed by atoms with E-state index >= 15 is 0 Å². The normalized spacial score (nSPS) is 17.2. The van der Waals surface area contributed by atoms with E-state index < -0.39 is 0 Å². The number of anilines is 1. The van der Waals surface area contributed by atoms with Crippen LogP contribution < -0.4 is 4.90 Å². The number of amides is 1. The summed E-state index contributed by atoms with van der Waals surface area (Å²) in [6.45, 7) is 2.76. The van der Waals surface area contributed by atoms with Gasteiger partial charge in [-0.25, -0.2) is 9.38 Å². The fraction of sp³-hybridized carbons (Fsp3) is 0.333. The molecule has 0 radical (unpaired) electrons. The number of nitrogens with zero attached hydrogens (tertiary/aromatic N) is 6. The third-order valence-electron chi connectivity index (χ3n) is 5.83. The quantitative estimate of drug-likeness (QED) is 0.504. The van der Waals surface area contributed by atoms with Gasteiger partial charge in [0.2, 0.25) is 17.7 Å². The van der Waals surface area contributed by atoms with Crippen LogP contribution in [0.1, 0.15) is 12.8 Å². The van der Waals surface area contributed by atoms with Crippen molar-refractivity contribution in [3.8, 4) is 11.6 Å². The minimum atomic E-state index is 0.243. The van der Waals surface area contributed by atoms with Crippen molar-refractivity contribution in [1.82, 2.24) is 24.5 Å². The van der Waals surface area contributed by atoms with Crippen LogP contribution in [0, 0.1) is 5.92 Å². The average molecular weight is 423 g/mol. The van der Waals surface area contributed by atoms with Crippen molar-refractivity contribution in [2.75, 3.05) is 31.1 Å². The van der Waals surface area contributed by atoms with E-state index in [1.807, 2.05) is 39.6 Å². The van der Waals surface area contributed by atoms with E-state index in [0.29, 0.717) is 54.3 Å². The van der Waals surface area contributed by atoms with Crippen LogP contribution in [-0.2, 0) is 4.79 Å². The highest BCUT2D eigenvalue weighted by atomic mass is 35.5. The predicted octanol–water partition coefficient (Wildman–Crippen LogP) is 3.25. The number of carbonyl (C=O) groups excluding carboxylic acids is 1. The number of halogens is 1. The maximum absolute atomic E-state index is 12.4. The Hall–Kier alpha value is -3.13. The second-order valence-corrected chi connectivity index (χ2v) is 8.26. The van der Waals surface area contributed by atoms with Gasteiger partial charge >= 0.3 is 0 Å². The number of furan rings is 1. The Balaban J connectivity index is 1.46. The molecule has 0 spiro atoms. The fourth-order valence-electron chi connectivity index (χ4n) is 4.09. The molecule has 1 aliphatic heterocycles. The highest BCUT2D eigenvalue weighted by Gasteiger charge is 2.35. The standard InChI is InChI=1S/C21H19ClN6O2/c22-14-5-6-15-16(12-14)23-21(27-9-7-26(8-10-27)20(29)13-3-4-13)28-18(15)24-25-19(28)17-2-1-11-30-17/h1-2,5-6,11-13H,3-4,7-10H2. The Kier molecular flexibility index (Phi) is 3.95. The summed E-state index contributed by atoms with van der Waals surface area (Å²) < 4.78 is 7.54. The number of fused-ring (bicyclic) bond motifs is 3. The number of carbonyl (C=O) groups is 1. The zero-order valence-corrected chi connectivity index (χ0v) is 16.9. The molecule has 9 heteroatoms. The number of aromatic nitrogens is 4. The van der Waals surface area contributed by atoms with Gasteiger partial charge in [-0.3, -0.25) is 4.79 Å². The van der Waals surface area contributed by atoms with Crippen molar-refractivity contribution in [3.05, 3.63) is 41.6 Å². The molecule has 2 aliphatic rings. The SMILES string of the molecule is O=C(C1CC1)N1CCN(c2nc3cc(Cl)ccc3c3nnc(-c4ccco4)n23)CC1. The van der Waals surface area contributed by atoms with E-state index in [2.05, 4.69) is 15.1 Å². The summed E-state index contributed by atoms with van der Waals surface area (Å²) in [6, 6.07) is 9.27. The number of benzene rings is 1. The number of rotatable bonds is 3. The highest BCUT2D eigenvalue weighted by Crippen LogP contribution is 2.33. The van der Waals surface area contributed by atoms with Crippen molar-refractivity contribution in [1.29, 1.82) is 0 Å². The highest BCUT2D eigenvalue weighted by molar-refractivity contribution is 6.31. The van der Waals surface area contributed by atoms with Gasteiger partial charge in [0.15, 0.2) is 11.4 Å². The van der Waals surface area contributed by atoms with Crippen LogP contribution in [0.25, 0.3) is 28.1 Å². The summed E-state index contributed by atoms with van der Waals surface area (Å²) in [6.07, 6.45) is 3.67. The summed E-state index contributed by atoms with van der Waals surface area (Å²) >= 11 is 6.23. The molecule has 2 fully saturated rings. The number of hydrogen-bond donors (Lipinski definition) is 0. The zero-order valence-electron chi connectivity index (χ0n) is 16.2. The minimum Gasteiger partial charge on any atom is -0.461 e. The van der Waals surface area contributed by atoms with Gasteiger partial charge in [-0.1, -0.05) is 11.6 Å². The Morgan fingerprint density at radius 3 is 2.67 bits per heavy atom. The van der Waals surface area contributed by atoms with Crippen molar-refractivity contribution in [3.63, 3.8) is 0 Å². The molecule has 0 N–H and O–H groups in total. The molecule has 1 saturated heterocycles.